The molecule has 0 fully saturated rings. The smallest absolute Gasteiger partial charge is 0.234 e. The fourth-order valence-electron chi connectivity index (χ4n) is 1.66. The second-order valence-electron chi connectivity index (χ2n) is 4.29. The highest BCUT2D eigenvalue weighted by Crippen LogP contribution is 2.30. The maximum atomic E-state index is 11.9. The molecule has 5 nitrogen and oxygen atoms in total. The van der Waals surface area contributed by atoms with E-state index >= 15 is 0 Å². The molecule has 1 amide bonds. The van der Waals surface area contributed by atoms with Crippen LogP contribution in [0.3, 0.4) is 0 Å². The monoisotopic (exact) mass is 318 g/mol. The number of hydrogen-bond donors (Lipinski definition) is 2. The van der Waals surface area contributed by atoms with Crippen LogP contribution in [0.1, 0.15) is 11.3 Å². The summed E-state index contributed by atoms with van der Waals surface area (Å²) in [5, 5.41) is 11.9. The number of thioether (sulfide) groups is 1. The fraction of sp³-hybridized carbons (Fsp3) is 0.214. The van der Waals surface area contributed by atoms with Crippen molar-refractivity contribution in [1.29, 1.82) is 5.26 Å². The Labute approximate surface area is 131 Å². The Balaban J connectivity index is 1.87. The normalized spacial score (nSPS) is 10.1. The number of rotatable bonds is 5. The lowest BCUT2D eigenvalue weighted by Gasteiger charge is -2.05. The van der Waals surface area contributed by atoms with E-state index in [-0.39, 0.29) is 5.91 Å². The van der Waals surface area contributed by atoms with Crippen LogP contribution in [0.25, 0.3) is 0 Å². The van der Waals surface area contributed by atoms with E-state index in [1.54, 1.807) is 12.1 Å². The van der Waals surface area contributed by atoms with Crippen LogP contribution in [0, 0.1) is 18.3 Å². The molecule has 0 aliphatic heterocycles. The first-order valence-corrected chi connectivity index (χ1v) is 8.00. The second-order valence-corrected chi connectivity index (χ2v) is 6.57. The summed E-state index contributed by atoms with van der Waals surface area (Å²) in [6, 6.07) is 9.34. The van der Waals surface area contributed by atoms with Gasteiger partial charge in [0.25, 0.3) is 0 Å². The molecule has 0 aliphatic carbocycles. The van der Waals surface area contributed by atoms with Gasteiger partial charge in [-0.1, -0.05) is 23.5 Å². The van der Waals surface area contributed by atoms with Crippen molar-refractivity contribution in [3.05, 3.63) is 35.5 Å². The molecule has 0 saturated carbocycles. The van der Waals surface area contributed by atoms with Gasteiger partial charge in [-0.15, -0.1) is 11.8 Å². The van der Waals surface area contributed by atoms with E-state index in [1.165, 1.54) is 23.1 Å². The molecule has 2 rings (SSSR count). The van der Waals surface area contributed by atoms with E-state index in [4.69, 9.17) is 11.0 Å². The van der Waals surface area contributed by atoms with Crippen LogP contribution in [0.4, 0.5) is 10.8 Å². The van der Waals surface area contributed by atoms with Crippen molar-refractivity contribution in [3.63, 3.8) is 0 Å². The molecule has 108 valence electrons. The summed E-state index contributed by atoms with van der Waals surface area (Å²) in [7, 11) is 0. The first-order valence-electron chi connectivity index (χ1n) is 6.20. The van der Waals surface area contributed by atoms with Crippen molar-refractivity contribution in [2.24, 2.45) is 0 Å². The van der Waals surface area contributed by atoms with Crippen molar-refractivity contribution in [1.82, 2.24) is 4.98 Å². The molecule has 0 radical (unpaired) electrons. The van der Waals surface area contributed by atoms with Crippen molar-refractivity contribution in [2.45, 2.75) is 17.6 Å². The van der Waals surface area contributed by atoms with Crippen LogP contribution in [0.5, 0.6) is 0 Å². The van der Waals surface area contributed by atoms with Crippen LogP contribution in [-0.4, -0.2) is 16.6 Å². The molecule has 0 unspecified atom stereocenters. The van der Waals surface area contributed by atoms with E-state index in [0.29, 0.717) is 17.3 Å². The number of aryl methyl sites for hydroxylation is 1. The molecule has 0 aliphatic rings. The number of aromatic nitrogens is 1. The predicted octanol–water partition coefficient (Wildman–Crippen LogP) is 2.83. The van der Waals surface area contributed by atoms with E-state index in [9.17, 15) is 4.79 Å². The van der Waals surface area contributed by atoms with Crippen LogP contribution in [0.15, 0.2) is 28.5 Å². The van der Waals surface area contributed by atoms with Gasteiger partial charge in [0.15, 0.2) is 5.13 Å². The van der Waals surface area contributed by atoms with Crippen LogP contribution in [-0.2, 0) is 11.2 Å². The third-order valence-electron chi connectivity index (χ3n) is 2.63. The van der Waals surface area contributed by atoms with Gasteiger partial charge in [0.1, 0.15) is 0 Å². The van der Waals surface area contributed by atoms with Gasteiger partial charge < -0.3 is 11.1 Å². The van der Waals surface area contributed by atoms with Crippen molar-refractivity contribution < 1.29 is 4.79 Å². The summed E-state index contributed by atoms with van der Waals surface area (Å²) in [5.74, 6) is 0.224. The maximum absolute atomic E-state index is 11.9. The number of nitriles is 1. The summed E-state index contributed by atoms with van der Waals surface area (Å²) in [6.45, 7) is 1.88. The number of anilines is 2. The highest BCUT2D eigenvalue weighted by atomic mass is 32.2. The Hall–Kier alpha value is -2.04. The summed E-state index contributed by atoms with van der Waals surface area (Å²) in [4.78, 5) is 16.0. The van der Waals surface area contributed by atoms with Crippen molar-refractivity contribution in [3.8, 4) is 6.07 Å². The molecular formula is C14H14N4OS2. The highest BCUT2D eigenvalue weighted by molar-refractivity contribution is 8.01. The van der Waals surface area contributed by atoms with Gasteiger partial charge in [0, 0.05) is 5.69 Å². The second kappa shape index (κ2) is 7.11. The van der Waals surface area contributed by atoms with Gasteiger partial charge in [-0.05, 0) is 24.6 Å². The summed E-state index contributed by atoms with van der Waals surface area (Å²) >= 11 is 2.82. The number of nitrogens with zero attached hydrogens (tertiary/aromatic N) is 2. The van der Waals surface area contributed by atoms with Crippen molar-refractivity contribution in [2.75, 3.05) is 16.8 Å². The maximum Gasteiger partial charge on any atom is 0.234 e. The largest absolute Gasteiger partial charge is 0.375 e. The van der Waals surface area contributed by atoms with Gasteiger partial charge in [-0.25, -0.2) is 4.98 Å². The lowest BCUT2D eigenvalue weighted by molar-refractivity contribution is -0.113. The molecule has 21 heavy (non-hydrogen) atoms. The number of amides is 1. The Kier molecular flexibility index (Phi) is 5.20. The van der Waals surface area contributed by atoms with Gasteiger partial charge in [0.2, 0.25) is 5.91 Å². The third kappa shape index (κ3) is 4.48. The number of benzene rings is 1. The molecule has 1 aromatic carbocycles. The average molecular weight is 318 g/mol. The summed E-state index contributed by atoms with van der Waals surface area (Å²) in [5.41, 5.74) is 8.13. The highest BCUT2D eigenvalue weighted by Gasteiger charge is 2.09. The lowest BCUT2D eigenvalue weighted by atomic mass is 10.1. The zero-order valence-corrected chi connectivity index (χ0v) is 13.1. The van der Waals surface area contributed by atoms with Gasteiger partial charge in [-0.3, -0.25) is 4.79 Å². The van der Waals surface area contributed by atoms with Crippen LogP contribution in [0.2, 0.25) is 0 Å². The fourth-order valence-corrected chi connectivity index (χ4v) is 3.49. The van der Waals surface area contributed by atoms with Crippen LogP contribution < -0.4 is 11.1 Å². The van der Waals surface area contributed by atoms with Crippen molar-refractivity contribution >= 4 is 39.8 Å². The number of carbonyl (C=O) groups excluding carboxylic acids is 1. The Morgan fingerprint density at radius 2 is 2.19 bits per heavy atom. The summed E-state index contributed by atoms with van der Waals surface area (Å²) < 4.78 is 0.965. The lowest BCUT2D eigenvalue weighted by Crippen LogP contribution is -2.13. The molecule has 0 spiro atoms. The number of carbonyl (C=O) groups is 1. The third-order valence-corrected chi connectivity index (χ3v) is 4.97. The molecule has 0 atom stereocenters. The first kappa shape index (κ1) is 15.4. The molecule has 1 aromatic heterocycles. The molecule has 1 heterocycles. The average Bonchev–Trinajstić information content (AvgIpc) is 2.77. The molecule has 7 heteroatoms. The minimum atomic E-state index is -0.0839. The molecule has 3 N–H and O–H groups in total. The molecule has 2 aromatic rings. The van der Waals surface area contributed by atoms with E-state index in [0.717, 1.165) is 21.2 Å². The van der Waals surface area contributed by atoms with Gasteiger partial charge in [0.05, 0.1) is 28.1 Å². The number of nitrogens with two attached hydrogens (primary N) is 1. The number of hydrogen-bond acceptors (Lipinski definition) is 6. The van der Waals surface area contributed by atoms with Gasteiger partial charge in [-0.2, -0.15) is 5.26 Å². The number of nitrogens with one attached hydrogen (secondary N) is 1. The van der Waals surface area contributed by atoms with Crippen LogP contribution >= 0.6 is 23.1 Å². The number of nitrogen functional groups attached to an aromatic ring is 1. The molecule has 0 saturated heterocycles. The standard InChI is InChI=1S/C14H14N4OS2/c1-9-13(21-14(16)17-9)20-8-12(19)18-11-4-2-10(3-5-11)6-7-15/h2-5H,6,8H2,1H3,(H2,16,17)(H,18,19). The SMILES string of the molecule is Cc1nc(N)sc1SCC(=O)Nc1ccc(CC#N)cc1. The zero-order chi connectivity index (χ0) is 15.2. The quantitative estimate of drug-likeness (QED) is 0.827. The Morgan fingerprint density at radius 3 is 2.76 bits per heavy atom. The minimum Gasteiger partial charge on any atom is -0.375 e. The Bertz CT molecular complexity index is 673. The molecular weight excluding hydrogens is 304 g/mol. The number of thiazole rings is 1. The topological polar surface area (TPSA) is 91.8 Å². The first-order chi connectivity index (χ1) is 10.1. The Morgan fingerprint density at radius 1 is 1.48 bits per heavy atom. The van der Waals surface area contributed by atoms with E-state index < -0.39 is 0 Å². The predicted molar refractivity (Wildman–Crippen MR) is 86.4 cm³/mol. The van der Waals surface area contributed by atoms with Gasteiger partial charge >= 0.3 is 0 Å². The minimum absolute atomic E-state index is 0.0839. The van der Waals surface area contributed by atoms with E-state index in [2.05, 4.69) is 16.4 Å². The van der Waals surface area contributed by atoms with E-state index in [1.807, 2.05) is 19.1 Å². The molecule has 0 bridgehead atoms. The summed E-state index contributed by atoms with van der Waals surface area (Å²) in [6.07, 6.45) is 0.371. The zero-order valence-electron chi connectivity index (χ0n) is 11.4.